The van der Waals surface area contributed by atoms with E-state index in [9.17, 15) is 0 Å². The third-order valence-corrected chi connectivity index (χ3v) is 3.66. The highest BCUT2D eigenvalue weighted by molar-refractivity contribution is 5.80. The lowest BCUT2D eigenvalue weighted by Crippen LogP contribution is -2.48. The van der Waals surface area contributed by atoms with Gasteiger partial charge in [-0.1, -0.05) is 0 Å². The molecule has 0 radical (unpaired) electrons. The minimum Gasteiger partial charge on any atom is -0.383 e. The fraction of sp³-hybridized carbons (Fsp3) is 0.938. The van der Waals surface area contributed by atoms with E-state index in [1.165, 1.54) is 25.9 Å². The average Bonchev–Trinajstić information content (AvgIpc) is 2.42. The highest BCUT2D eigenvalue weighted by Crippen LogP contribution is 2.17. The number of nitrogens with zero attached hydrogens (tertiary/aromatic N) is 2. The Labute approximate surface area is 130 Å². The summed E-state index contributed by atoms with van der Waals surface area (Å²) in [5.74, 6) is 1.64. The predicted octanol–water partition coefficient (Wildman–Crippen LogP) is 1.70. The molecule has 1 rings (SSSR count). The summed E-state index contributed by atoms with van der Waals surface area (Å²) in [6.45, 7) is 14.6. The van der Waals surface area contributed by atoms with E-state index in [1.807, 2.05) is 0 Å². The number of guanidine groups is 1. The highest BCUT2D eigenvalue weighted by Gasteiger charge is 2.19. The topological polar surface area (TPSA) is 48.9 Å². The van der Waals surface area contributed by atoms with E-state index >= 15 is 0 Å². The molecule has 0 atom stereocenters. The molecule has 1 aliphatic rings. The highest BCUT2D eigenvalue weighted by atomic mass is 16.5. The normalized spacial score (nSPS) is 18.8. The zero-order valence-corrected chi connectivity index (χ0v) is 14.5. The SMILES string of the molecule is CCNC(=NCC1CCN(CCOC)CC1)NC(C)(C)C. The number of hydrogen-bond donors (Lipinski definition) is 2. The molecule has 1 saturated heterocycles. The molecule has 0 aromatic heterocycles. The summed E-state index contributed by atoms with van der Waals surface area (Å²) < 4.78 is 5.14. The summed E-state index contributed by atoms with van der Waals surface area (Å²) in [6.07, 6.45) is 2.48. The van der Waals surface area contributed by atoms with Gasteiger partial charge < -0.3 is 20.3 Å². The molecule has 0 unspecified atom stereocenters. The molecule has 2 N–H and O–H groups in total. The predicted molar refractivity (Wildman–Crippen MR) is 89.9 cm³/mol. The van der Waals surface area contributed by atoms with Gasteiger partial charge >= 0.3 is 0 Å². The minimum atomic E-state index is 0.0462. The van der Waals surface area contributed by atoms with Crippen LogP contribution in [0.4, 0.5) is 0 Å². The monoisotopic (exact) mass is 298 g/mol. The van der Waals surface area contributed by atoms with Gasteiger partial charge in [-0.05, 0) is 59.5 Å². The maximum atomic E-state index is 5.14. The number of methoxy groups -OCH3 is 1. The van der Waals surface area contributed by atoms with Crippen molar-refractivity contribution >= 4 is 5.96 Å². The van der Waals surface area contributed by atoms with Crippen LogP contribution >= 0.6 is 0 Å². The second-order valence-electron chi connectivity index (χ2n) is 6.87. The Balaban J connectivity index is 2.36. The minimum absolute atomic E-state index is 0.0462. The lowest BCUT2D eigenvalue weighted by Gasteiger charge is -2.31. The van der Waals surface area contributed by atoms with E-state index in [0.717, 1.165) is 32.2 Å². The van der Waals surface area contributed by atoms with Gasteiger partial charge in [-0.15, -0.1) is 0 Å². The molecular formula is C16H34N4O. The third-order valence-electron chi connectivity index (χ3n) is 3.66. The fourth-order valence-corrected chi connectivity index (χ4v) is 2.50. The molecule has 0 amide bonds. The first-order valence-electron chi connectivity index (χ1n) is 8.22. The number of rotatable bonds is 6. The largest absolute Gasteiger partial charge is 0.383 e. The Kier molecular flexibility index (Phi) is 8.04. The lowest BCUT2D eigenvalue weighted by atomic mass is 9.97. The van der Waals surface area contributed by atoms with Gasteiger partial charge in [0.15, 0.2) is 5.96 Å². The molecule has 0 spiro atoms. The van der Waals surface area contributed by atoms with Gasteiger partial charge in [0, 0.05) is 32.3 Å². The number of ether oxygens (including phenoxy) is 1. The first-order chi connectivity index (χ1) is 9.94. The van der Waals surface area contributed by atoms with Crippen molar-refractivity contribution in [3.63, 3.8) is 0 Å². The Morgan fingerprint density at radius 2 is 1.95 bits per heavy atom. The van der Waals surface area contributed by atoms with Crippen molar-refractivity contribution < 1.29 is 4.74 Å². The first kappa shape index (κ1) is 18.2. The van der Waals surface area contributed by atoms with Crippen LogP contribution in [0.25, 0.3) is 0 Å². The van der Waals surface area contributed by atoms with E-state index in [1.54, 1.807) is 7.11 Å². The number of nitrogens with one attached hydrogen (secondary N) is 2. The molecule has 0 bridgehead atoms. The van der Waals surface area contributed by atoms with Gasteiger partial charge in [0.05, 0.1) is 6.61 Å². The molecule has 0 aliphatic carbocycles. The van der Waals surface area contributed by atoms with Crippen LogP contribution in [0.1, 0.15) is 40.5 Å². The van der Waals surface area contributed by atoms with Crippen LogP contribution in [0.5, 0.6) is 0 Å². The molecular weight excluding hydrogens is 264 g/mol. The van der Waals surface area contributed by atoms with E-state index in [4.69, 9.17) is 9.73 Å². The van der Waals surface area contributed by atoms with Crippen molar-refractivity contribution in [2.75, 3.05) is 46.4 Å². The second kappa shape index (κ2) is 9.26. The molecule has 0 aromatic rings. The van der Waals surface area contributed by atoms with Crippen molar-refractivity contribution in [1.82, 2.24) is 15.5 Å². The van der Waals surface area contributed by atoms with Crippen LogP contribution in [-0.2, 0) is 4.74 Å². The van der Waals surface area contributed by atoms with Crippen molar-refractivity contribution in [2.45, 2.75) is 46.1 Å². The number of aliphatic imine (C=N–C) groups is 1. The van der Waals surface area contributed by atoms with E-state index in [-0.39, 0.29) is 5.54 Å². The molecule has 21 heavy (non-hydrogen) atoms. The maximum Gasteiger partial charge on any atom is 0.191 e. The summed E-state index contributed by atoms with van der Waals surface area (Å²) in [5, 5.41) is 6.77. The summed E-state index contributed by atoms with van der Waals surface area (Å²) in [4.78, 5) is 7.25. The van der Waals surface area contributed by atoms with Crippen LogP contribution in [0.15, 0.2) is 4.99 Å². The fourth-order valence-electron chi connectivity index (χ4n) is 2.50. The zero-order chi connectivity index (χ0) is 15.7. The molecule has 1 aliphatic heterocycles. The Hall–Kier alpha value is -0.810. The van der Waals surface area contributed by atoms with Gasteiger partial charge in [-0.2, -0.15) is 0 Å². The Morgan fingerprint density at radius 1 is 1.29 bits per heavy atom. The lowest BCUT2D eigenvalue weighted by molar-refractivity contribution is 0.121. The van der Waals surface area contributed by atoms with Crippen LogP contribution in [-0.4, -0.2) is 62.8 Å². The summed E-state index contributed by atoms with van der Waals surface area (Å²) in [6, 6.07) is 0. The summed E-state index contributed by atoms with van der Waals surface area (Å²) >= 11 is 0. The van der Waals surface area contributed by atoms with E-state index in [0.29, 0.717) is 5.92 Å². The maximum absolute atomic E-state index is 5.14. The standard InChI is InChI=1S/C16H34N4O/c1-6-17-15(19-16(2,3)4)18-13-14-7-9-20(10-8-14)11-12-21-5/h14H,6-13H2,1-5H3,(H2,17,18,19). The van der Waals surface area contributed by atoms with Crippen molar-refractivity contribution in [1.29, 1.82) is 0 Å². The molecule has 1 heterocycles. The first-order valence-corrected chi connectivity index (χ1v) is 8.22. The van der Waals surface area contributed by atoms with Crippen LogP contribution < -0.4 is 10.6 Å². The van der Waals surface area contributed by atoms with E-state index in [2.05, 4.69) is 43.2 Å². The van der Waals surface area contributed by atoms with Crippen molar-refractivity contribution in [3.8, 4) is 0 Å². The Morgan fingerprint density at radius 3 is 2.48 bits per heavy atom. The molecule has 5 nitrogen and oxygen atoms in total. The van der Waals surface area contributed by atoms with Crippen LogP contribution in [0.2, 0.25) is 0 Å². The van der Waals surface area contributed by atoms with E-state index < -0.39 is 0 Å². The smallest absolute Gasteiger partial charge is 0.191 e. The van der Waals surface area contributed by atoms with Crippen LogP contribution in [0.3, 0.4) is 0 Å². The quantitative estimate of drug-likeness (QED) is 0.579. The molecule has 124 valence electrons. The molecule has 0 saturated carbocycles. The molecule has 0 aromatic carbocycles. The summed E-state index contributed by atoms with van der Waals surface area (Å²) in [7, 11) is 1.77. The summed E-state index contributed by atoms with van der Waals surface area (Å²) in [5.41, 5.74) is 0.0462. The Bertz CT molecular complexity index is 304. The van der Waals surface area contributed by atoms with Crippen LogP contribution in [0, 0.1) is 5.92 Å². The van der Waals surface area contributed by atoms with Gasteiger partial charge in [0.2, 0.25) is 0 Å². The van der Waals surface area contributed by atoms with Crippen molar-refractivity contribution in [2.24, 2.45) is 10.9 Å². The average molecular weight is 298 g/mol. The van der Waals surface area contributed by atoms with Gasteiger partial charge in [-0.3, -0.25) is 4.99 Å². The van der Waals surface area contributed by atoms with Gasteiger partial charge in [0.1, 0.15) is 0 Å². The number of piperidine rings is 1. The van der Waals surface area contributed by atoms with Gasteiger partial charge in [0.25, 0.3) is 0 Å². The zero-order valence-electron chi connectivity index (χ0n) is 14.5. The molecule has 5 heteroatoms. The molecule has 1 fully saturated rings. The second-order valence-corrected chi connectivity index (χ2v) is 6.87. The van der Waals surface area contributed by atoms with Crippen molar-refractivity contribution in [3.05, 3.63) is 0 Å². The third kappa shape index (κ3) is 8.27. The number of hydrogen-bond acceptors (Lipinski definition) is 3. The van der Waals surface area contributed by atoms with Gasteiger partial charge in [-0.25, -0.2) is 0 Å². The number of likely N-dealkylation sites (tertiary alicyclic amines) is 1.